The number of alkyl halides is 1. The topological polar surface area (TPSA) is 29.1 Å². The molecule has 1 aromatic rings. The van der Waals surface area contributed by atoms with Crippen molar-refractivity contribution in [1.82, 2.24) is 5.32 Å². The largest absolute Gasteiger partial charge is 0.352 e. The van der Waals surface area contributed by atoms with Gasteiger partial charge in [0.05, 0.1) is 0 Å². The number of hydrogen-bond acceptors (Lipinski definition) is 1. The van der Waals surface area contributed by atoms with Gasteiger partial charge in [0.15, 0.2) is 0 Å². The van der Waals surface area contributed by atoms with Gasteiger partial charge < -0.3 is 5.32 Å². The predicted octanol–water partition coefficient (Wildman–Crippen LogP) is 4.01. The SMILES string of the molecule is CCC1(C(=O)NCc2cccc(CCl)c2)CCCC1. The molecule has 1 fully saturated rings. The Morgan fingerprint density at radius 2 is 2.00 bits per heavy atom. The second-order valence-electron chi connectivity index (χ2n) is 5.48. The van der Waals surface area contributed by atoms with Crippen molar-refractivity contribution in [2.45, 2.75) is 51.5 Å². The maximum atomic E-state index is 12.4. The number of amides is 1. The first-order valence-corrected chi connectivity index (χ1v) is 7.66. The van der Waals surface area contributed by atoms with E-state index in [-0.39, 0.29) is 11.3 Å². The highest BCUT2D eigenvalue weighted by Gasteiger charge is 2.38. The highest BCUT2D eigenvalue weighted by Crippen LogP contribution is 2.41. The van der Waals surface area contributed by atoms with Crippen molar-refractivity contribution in [3.8, 4) is 0 Å². The number of benzene rings is 1. The summed E-state index contributed by atoms with van der Waals surface area (Å²) in [7, 11) is 0. The van der Waals surface area contributed by atoms with Crippen molar-refractivity contribution in [2.75, 3.05) is 0 Å². The van der Waals surface area contributed by atoms with Crippen molar-refractivity contribution in [1.29, 1.82) is 0 Å². The van der Waals surface area contributed by atoms with Crippen LogP contribution in [0.15, 0.2) is 24.3 Å². The Bertz CT molecular complexity index is 438. The number of hydrogen-bond donors (Lipinski definition) is 1. The van der Waals surface area contributed by atoms with Crippen LogP contribution in [0.5, 0.6) is 0 Å². The Kier molecular flexibility index (Phi) is 4.87. The van der Waals surface area contributed by atoms with Crippen LogP contribution in [0.25, 0.3) is 0 Å². The van der Waals surface area contributed by atoms with Crippen molar-refractivity contribution in [2.24, 2.45) is 5.41 Å². The summed E-state index contributed by atoms with van der Waals surface area (Å²) in [6.45, 7) is 2.73. The van der Waals surface area contributed by atoms with Gasteiger partial charge in [-0.15, -0.1) is 11.6 Å². The standard InChI is InChI=1S/C16H22ClNO/c1-2-16(8-3-4-9-16)15(19)18-12-14-7-5-6-13(10-14)11-17/h5-7,10H,2-4,8-9,11-12H2,1H3,(H,18,19). The second-order valence-corrected chi connectivity index (χ2v) is 5.74. The highest BCUT2D eigenvalue weighted by atomic mass is 35.5. The summed E-state index contributed by atoms with van der Waals surface area (Å²) in [4.78, 5) is 12.4. The molecule has 1 saturated carbocycles. The van der Waals surface area contributed by atoms with Crippen LogP contribution in [0.3, 0.4) is 0 Å². The Morgan fingerprint density at radius 1 is 1.32 bits per heavy atom. The van der Waals surface area contributed by atoms with Crippen LogP contribution in [0.1, 0.15) is 50.2 Å². The lowest BCUT2D eigenvalue weighted by atomic mass is 9.82. The molecule has 0 unspecified atom stereocenters. The summed E-state index contributed by atoms with van der Waals surface area (Å²) in [6.07, 6.45) is 5.39. The summed E-state index contributed by atoms with van der Waals surface area (Å²) >= 11 is 5.82. The fourth-order valence-electron chi connectivity index (χ4n) is 2.99. The molecule has 0 aliphatic heterocycles. The highest BCUT2D eigenvalue weighted by molar-refractivity contribution is 6.17. The van der Waals surface area contributed by atoms with E-state index in [1.165, 1.54) is 12.8 Å². The molecule has 0 heterocycles. The summed E-state index contributed by atoms with van der Waals surface area (Å²) < 4.78 is 0. The van der Waals surface area contributed by atoms with E-state index in [2.05, 4.69) is 18.3 Å². The van der Waals surface area contributed by atoms with Crippen molar-refractivity contribution in [3.63, 3.8) is 0 Å². The Morgan fingerprint density at radius 3 is 2.63 bits per heavy atom. The molecule has 3 heteroatoms. The van der Waals surface area contributed by atoms with Crippen molar-refractivity contribution in [3.05, 3.63) is 35.4 Å². The quantitative estimate of drug-likeness (QED) is 0.811. The van der Waals surface area contributed by atoms with Gasteiger partial charge in [-0.3, -0.25) is 4.79 Å². The molecular formula is C16H22ClNO. The second kappa shape index (κ2) is 6.42. The van der Waals surface area contributed by atoms with Gasteiger partial charge in [-0.25, -0.2) is 0 Å². The molecule has 104 valence electrons. The molecule has 1 aliphatic rings. The van der Waals surface area contributed by atoms with E-state index in [1.54, 1.807) is 0 Å². The number of carbonyl (C=O) groups is 1. The molecule has 1 aromatic carbocycles. The zero-order chi connectivity index (χ0) is 13.7. The molecule has 1 aliphatic carbocycles. The van der Waals surface area contributed by atoms with Gasteiger partial charge in [0.1, 0.15) is 0 Å². The number of carbonyl (C=O) groups excluding carboxylic acids is 1. The molecule has 0 atom stereocenters. The number of halogens is 1. The van der Waals surface area contributed by atoms with Crippen molar-refractivity contribution >= 4 is 17.5 Å². The first-order chi connectivity index (χ1) is 9.20. The Balaban J connectivity index is 1.96. The van der Waals surface area contributed by atoms with E-state index >= 15 is 0 Å². The maximum absolute atomic E-state index is 12.4. The molecule has 0 radical (unpaired) electrons. The zero-order valence-electron chi connectivity index (χ0n) is 11.5. The van der Waals surface area contributed by atoms with Crippen LogP contribution < -0.4 is 5.32 Å². The molecule has 1 amide bonds. The lowest BCUT2D eigenvalue weighted by Gasteiger charge is -2.26. The van der Waals surface area contributed by atoms with E-state index in [4.69, 9.17) is 11.6 Å². The van der Waals surface area contributed by atoms with E-state index in [1.807, 2.05) is 18.2 Å². The van der Waals surface area contributed by atoms with Crippen LogP contribution in [0.2, 0.25) is 0 Å². The fourth-order valence-corrected chi connectivity index (χ4v) is 3.15. The van der Waals surface area contributed by atoms with E-state index < -0.39 is 0 Å². The minimum atomic E-state index is -0.107. The Labute approximate surface area is 120 Å². The summed E-state index contributed by atoms with van der Waals surface area (Å²) in [5, 5.41) is 3.10. The van der Waals surface area contributed by atoms with Crippen LogP contribution >= 0.6 is 11.6 Å². The van der Waals surface area contributed by atoms with Gasteiger partial charge in [0.25, 0.3) is 0 Å². The molecule has 2 nitrogen and oxygen atoms in total. The third-order valence-corrected chi connectivity index (χ3v) is 4.63. The molecule has 0 spiro atoms. The molecule has 0 saturated heterocycles. The number of nitrogens with one attached hydrogen (secondary N) is 1. The number of rotatable bonds is 5. The third-order valence-electron chi connectivity index (χ3n) is 4.32. The molecule has 19 heavy (non-hydrogen) atoms. The fraction of sp³-hybridized carbons (Fsp3) is 0.562. The predicted molar refractivity (Wildman–Crippen MR) is 79.0 cm³/mol. The average molecular weight is 280 g/mol. The third kappa shape index (κ3) is 3.30. The van der Waals surface area contributed by atoms with E-state index in [0.717, 1.165) is 30.4 Å². The van der Waals surface area contributed by atoms with Gasteiger partial charge in [0, 0.05) is 17.8 Å². The van der Waals surface area contributed by atoms with Gasteiger partial charge in [-0.05, 0) is 30.4 Å². The van der Waals surface area contributed by atoms with E-state index in [0.29, 0.717) is 12.4 Å². The van der Waals surface area contributed by atoms with Crippen LogP contribution in [0.4, 0.5) is 0 Å². The van der Waals surface area contributed by atoms with Crippen molar-refractivity contribution < 1.29 is 4.79 Å². The van der Waals surface area contributed by atoms with Crippen LogP contribution in [0, 0.1) is 5.41 Å². The zero-order valence-corrected chi connectivity index (χ0v) is 12.3. The lowest BCUT2D eigenvalue weighted by Crippen LogP contribution is -2.38. The molecular weight excluding hydrogens is 258 g/mol. The molecule has 0 aromatic heterocycles. The smallest absolute Gasteiger partial charge is 0.226 e. The normalized spacial score (nSPS) is 17.4. The van der Waals surface area contributed by atoms with Gasteiger partial charge in [-0.2, -0.15) is 0 Å². The van der Waals surface area contributed by atoms with Gasteiger partial charge in [0.2, 0.25) is 5.91 Å². The lowest BCUT2D eigenvalue weighted by molar-refractivity contribution is -0.131. The van der Waals surface area contributed by atoms with Gasteiger partial charge >= 0.3 is 0 Å². The minimum absolute atomic E-state index is 0.107. The molecule has 0 bridgehead atoms. The first kappa shape index (κ1) is 14.4. The summed E-state index contributed by atoms with van der Waals surface area (Å²) in [5.74, 6) is 0.740. The minimum Gasteiger partial charge on any atom is -0.352 e. The van der Waals surface area contributed by atoms with Crippen LogP contribution in [-0.2, 0) is 17.2 Å². The summed E-state index contributed by atoms with van der Waals surface area (Å²) in [5.41, 5.74) is 2.11. The average Bonchev–Trinajstić information content (AvgIpc) is 2.95. The van der Waals surface area contributed by atoms with Crippen LogP contribution in [-0.4, -0.2) is 5.91 Å². The van der Waals surface area contributed by atoms with Gasteiger partial charge in [-0.1, -0.05) is 44.0 Å². The maximum Gasteiger partial charge on any atom is 0.226 e. The summed E-state index contributed by atoms with van der Waals surface area (Å²) in [6, 6.07) is 8.08. The molecule has 1 N–H and O–H groups in total. The first-order valence-electron chi connectivity index (χ1n) is 7.12. The van der Waals surface area contributed by atoms with E-state index in [9.17, 15) is 4.79 Å². The Hall–Kier alpha value is -1.02. The monoisotopic (exact) mass is 279 g/mol. The molecule has 2 rings (SSSR count).